The minimum absolute atomic E-state index is 0.363. The summed E-state index contributed by atoms with van der Waals surface area (Å²) < 4.78 is 32.4. The molecule has 0 saturated carbocycles. The highest BCUT2D eigenvalue weighted by atomic mass is 32.2. The molecule has 2 N–H and O–H groups in total. The molecule has 0 heterocycles. The average Bonchev–Trinajstić information content (AvgIpc) is 2.48. The normalized spacial score (nSPS) is 14.8. The van der Waals surface area contributed by atoms with Crippen molar-refractivity contribution in [3.05, 3.63) is 0 Å². The first-order chi connectivity index (χ1) is 10.9. The molecule has 0 aromatic rings. The summed E-state index contributed by atoms with van der Waals surface area (Å²) in [6.45, 7) is 4.33. The highest BCUT2D eigenvalue weighted by molar-refractivity contribution is 7.86. The van der Waals surface area contributed by atoms with E-state index in [4.69, 9.17) is 0 Å². The van der Waals surface area contributed by atoms with E-state index in [0.29, 0.717) is 12.8 Å². The van der Waals surface area contributed by atoms with E-state index in [-0.39, 0.29) is 0 Å². The van der Waals surface area contributed by atoms with Gasteiger partial charge in [0.1, 0.15) is 5.25 Å². The van der Waals surface area contributed by atoms with Gasteiger partial charge >= 0.3 is 0 Å². The van der Waals surface area contributed by atoms with E-state index < -0.39 is 21.5 Å². The van der Waals surface area contributed by atoms with Gasteiger partial charge in [-0.25, -0.2) is 0 Å². The maximum Gasteiger partial charge on any atom is 0.270 e. The topological polar surface area (TPSA) is 74.6 Å². The van der Waals surface area contributed by atoms with E-state index >= 15 is 0 Å². The fraction of sp³-hybridized carbons (Fsp3) is 1.00. The Morgan fingerprint density at radius 3 is 1.52 bits per heavy atom. The lowest BCUT2D eigenvalue weighted by Crippen LogP contribution is -2.33. The molecule has 0 rings (SSSR count). The van der Waals surface area contributed by atoms with Gasteiger partial charge in [-0.3, -0.25) is 4.55 Å². The maximum absolute atomic E-state index is 11.5. The molecule has 0 amide bonds. The van der Waals surface area contributed by atoms with Crippen molar-refractivity contribution >= 4 is 10.1 Å². The molecule has 4 nitrogen and oxygen atoms in total. The van der Waals surface area contributed by atoms with Crippen LogP contribution >= 0.6 is 0 Å². The SMILES string of the molecule is CCCCCCCCC(O)C(CCCCCCCC)S(=O)(=O)O. The van der Waals surface area contributed by atoms with Crippen LogP contribution in [0.5, 0.6) is 0 Å². The van der Waals surface area contributed by atoms with Crippen molar-refractivity contribution in [3.63, 3.8) is 0 Å². The van der Waals surface area contributed by atoms with Crippen LogP contribution in [0.3, 0.4) is 0 Å². The third kappa shape index (κ3) is 12.9. The van der Waals surface area contributed by atoms with Gasteiger partial charge in [0.05, 0.1) is 6.10 Å². The summed E-state index contributed by atoms with van der Waals surface area (Å²) >= 11 is 0. The Kier molecular flexibility index (Phi) is 14.2. The van der Waals surface area contributed by atoms with Crippen molar-refractivity contribution < 1.29 is 18.1 Å². The molecule has 2 atom stereocenters. The number of unbranched alkanes of at least 4 members (excludes halogenated alkanes) is 10. The Morgan fingerprint density at radius 1 is 0.696 bits per heavy atom. The van der Waals surface area contributed by atoms with Crippen molar-refractivity contribution in [1.82, 2.24) is 0 Å². The highest BCUT2D eigenvalue weighted by Gasteiger charge is 2.29. The number of rotatable bonds is 16. The molecule has 0 aromatic heterocycles. The first kappa shape index (κ1) is 22.9. The van der Waals surface area contributed by atoms with E-state index in [0.717, 1.165) is 38.5 Å². The molecule has 5 heteroatoms. The summed E-state index contributed by atoms with van der Waals surface area (Å²) in [7, 11) is -4.16. The lowest BCUT2D eigenvalue weighted by molar-refractivity contribution is 0.146. The molecule has 0 fully saturated rings. The summed E-state index contributed by atoms with van der Waals surface area (Å²) in [4.78, 5) is 0. The Balaban J connectivity index is 4.02. The smallest absolute Gasteiger partial charge is 0.270 e. The van der Waals surface area contributed by atoms with Crippen LogP contribution in [0.1, 0.15) is 104 Å². The van der Waals surface area contributed by atoms with Gasteiger partial charge in [0, 0.05) is 0 Å². The Hall–Kier alpha value is -0.130. The average molecular weight is 351 g/mol. The summed E-state index contributed by atoms with van der Waals surface area (Å²) in [5.41, 5.74) is 0. The lowest BCUT2D eigenvalue weighted by Gasteiger charge is -2.20. The molecule has 0 aliphatic rings. The van der Waals surface area contributed by atoms with Crippen molar-refractivity contribution in [3.8, 4) is 0 Å². The maximum atomic E-state index is 11.5. The molecule has 0 radical (unpaired) electrons. The fourth-order valence-electron chi connectivity index (χ4n) is 2.99. The first-order valence-electron chi connectivity index (χ1n) is 9.57. The minimum atomic E-state index is -4.16. The van der Waals surface area contributed by atoms with Crippen LogP contribution in [0.25, 0.3) is 0 Å². The Morgan fingerprint density at radius 2 is 1.09 bits per heavy atom. The van der Waals surface area contributed by atoms with Crippen LogP contribution in [0.15, 0.2) is 0 Å². The van der Waals surface area contributed by atoms with Crippen LogP contribution in [-0.2, 0) is 10.1 Å². The van der Waals surface area contributed by atoms with Crippen molar-refractivity contribution in [1.29, 1.82) is 0 Å². The van der Waals surface area contributed by atoms with Gasteiger partial charge in [-0.1, -0.05) is 90.9 Å². The van der Waals surface area contributed by atoms with E-state index in [9.17, 15) is 18.1 Å². The largest absolute Gasteiger partial charge is 0.392 e. The second kappa shape index (κ2) is 14.2. The van der Waals surface area contributed by atoms with E-state index in [1.54, 1.807) is 0 Å². The molecule has 0 aliphatic heterocycles. The molecule has 0 aromatic carbocycles. The minimum Gasteiger partial charge on any atom is -0.392 e. The third-order valence-electron chi connectivity index (χ3n) is 4.51. The zero-order valence-electron chi connectivity index (χ0n) is 15.2. The van der Waals surface area contributed by atoms with Gasteiger partial charge in [-0.15, -0.1) is 0 Å². The molecule has 140 valence electrons. The van der Waals surface area contributed by atoms with Gasteiger partial charge in [0.25, 0.3) is 10.1 Å². The standard InChI is InChI=1S/C18H38O4S/c1-3-5-7-9-11-13-15-17(19)18(23(20,21)22)16-14-12-10-8-6-4-2/h17-19H,3-16H2,1-2H3,(H,20,21,22). The summed E-state index contributed by atoms with van der Waals surface area (Å²) in [5.74, 6) is 0. The summed E-state index contributed by atoms with van der Waals surface area (Å²) in [5, 5.41) is 9.14. The van der Waals surface area contributed by atoms with Crippen LogP contribution in [-0.4, -0.2) is 29.4 Å². The van der Waals surface area contributed by atoms with E-state index in [2.05, 4.69) is 13.8 Å². The predicted molar refractivity (Wildman–Crippen MR) is 97.3 cm³/mol. The van der Waals surface area contributed by atoms with Gasteiger partial charge in [-0.2, -0.15) is 8.42 Å². The van der Waals surface area contributed by atoms with Crippen LogP contribution in [0, 0.1) is 0 Å². The van der Waals surface area contributed by atoms with Gasteiger partial charge in [0.2, 0.25) is 0 Å². The van der Waals surface area contributed by atoms with Gasteiger partial charge in [0.15, 0.2) is 0 Å². The first-order valence-corrected chi connectivity index (χ1v) is 11.1. The zero-order chi connectivity index (χ0) is 17.6. The Labute approximate surface area is 143 Å². The second-order valence-electron chi connectivity index (χ2n) is 6.73. The second-order valence-corrected chi connectivity index (χ2v) is 8.37. The van der Waals surface area contributed by atoms with Crippen molar-refractivity contribution in [2.24, 2.45) is 0 Å². The number of aliphatic hydroxyl groups excluding tert-OH is 1. The predicted octanol–water partition coefficient (Wildman–Crippen LogP) is 5.10. The van der Waals surface area contributed by atoms with Gasteiger partial charge < -0.3 is 5.11 Å². The Bertz CT molecular complexity index is 354. The van der Waals surface area contributed by atoms with E-state index in [1.165, 1.54) is 38.5 Å². The summed E-state index contributed by atoms with van der Waals surface area (Å²) in [6.07, 6.45) is 12.9. The summed E-state index contributed by atoms with van der Waals surface area (Å²) in [6, 6.07) is 0. The molecule has 0 saturated heterocycles. The monoisotopic (exact) mass is 350 g/mol. The van der Waals surface area contributed by atoms with E-state index in [1.807, 2.05) is 0 Å². The fourth-order valence-corrected chi connectivity index (χ4v) is 3.98. The molecule has 0 aliphatic carbocycles. The number of hydrogen-bond donors (Lipinski definition) is 2. The molecule has 2 unspecified atom stereocenters. The zero-order valence-corrected chi connectivity index (χ0v) is 16.0. The third-order valence-corrected chi connectivity index (χ3v) is 5.82. The highest BCUT2D eigenvalue weighted by Crippen LogP contribution is 2.20. The molecular formula is C18H38O4S. The molecule has 0 spiro atoms. The van der Waals surface area contributed by atoms with Crippen molar-refractivity contribution in [2.75, 3.05) is 0 Å². The molecular weight excluding hydrogens is 312 g/mol. The number of hydrogen-bond acceptors (Lipinski definition) is 3. The van der Waals surface area contributed by atoms with Crippen LogP contribution in [0.2, 0.25) is 0 Å². The van der Waals surface area contributed by atoms with Crippen LogP contribution < -0.4 is 0 Å². The van der Waals surface area contributed by atoms with Crippen molar-refractivity contribution in [2.45, 2.75) is 115 Å². The number of aliphatic hydroxyl groups is 1. The quantitative estimate of drug-likeness (QED) is 0.300. The molecule has 0 bridgehead atoms. The molecule has 23 heavy (non-hydrogen) atoms. The lowest BCUT2D eigenvalue weighted by atomic mass is 10.0. The van der Waals surface area contributed by atoms with Crippen LogP contribution in [0.4, 0.5) is 0 Å². The van der Waals surface area contributed by atoms with Gasteiger partial charge in [-0.05, 0) is 12.8 Å².